The first-order valence-corrected chi connectivity index (χ1v) is 3.60. The van der Waals surface area contributed by atoms with Crippen LogP contribution in [-0.2, 0) is 0 Å². The fourth-order valence-electron chi connectivity index (χ4n) is 1.09. The van der Waals surface area contributed by atoms with Crippen LogP contribution in [0.2, 0.25) is 0 Å². The predicted molar refractivity (Wildman–Crippen MR) is 51.8 cm³/mol. The molecule has 2 rings (SSSR count). The van der Waals surface area contributed by atoms with Crippen molar-refractivity contribution in [2.75, 3.05) is 19.0 Å². The van der Waals surface area contributed by atoms with Gasteiger partial charge in [-0.3, -0.25) is 0 Å². The summed E-state index contributed by atoms with van der Waals surface area (Å²) < 4.78 is 0. The van der Waals surface area contributed by atoms with E-state index in [1.54, 1.807) is 6.33 Å². The van der Waals surface area contributed by atoms with E-state index in [4.69, 9.17) is 0 Å². The normalized spacial score (nSPS) is 9.69. The Bertz CT molecular complexity index is 396. The second-order valence-corrected chi connectivity index (χ2v) is 2.69. The summed E-state index contributed by atoms with van der Waals surface area (Å²) in [7, 11) is 3.87. The van der Waals surface area contributed by atoms with E-state index in [0.29, 0.717) is 5.65 Å². The smallest absolute Gasteiger partial charge is 0.182 e. The predicted octanol–water partition coefficient (Wildman–Crippen LogP) is 0.0381. The summed E-state index contributed by atoms with van der Waals surface area (Å²) in [6.45, 7) is 0. The van der Waals surface area contributed by atoms with Gasteiger partial charge in [-0.05, 0) is 0 Å². The molecule has 13 heavy (non-hydrogen) atoms. The van der Waals surface area contributed by atoms with Crippen molar-refractivity contribution in [1.29, 1.82) is 0 Å². The minimum absolute atomic E-state index is 0. The molecule has 2 aromatic rings. The molecule has 0 saturated carbocycles. The van der Waals surface area contributed by atoms with Gasteiger partial charge in [-0.2, -0.15) is 0 Å². The van der Waals surface area contributed by atoms with Crippen LogP contribution in [0.4, 0.5) is 5.82 Å². The fraction of sp³-hybridized carbons (Fsp3) is 0.286. The van der Waals surface area contributed by atoms with Gasteiger partial charge in [0.15, 0.2) is 11.5 Å². The number of aromatic amines is 1. The summed E-state index contributed by atoms with van der Waals surface area (Å²) in [5, 5.41) is 0. The summed E-state index contributed by atoms with van der Waals surface area (Å²) in [4.78, 5) is 17.1. The first kappa shape index (κ1) is 10.7. The number of fused-ring (bicyclic) bond motifs is 1. The molecule has 64 valence electrons. The number of anilines is 1. The van der Waals surface area contributed by atoms with Gasteiger partial charge < -0.3 is 9.88 Å². The monoisotopic (exact) mass is 203 g/mol. The summed E-state index contributed by atoms with van der Waals surface area (Å²) in [5.74, 6) is 0.859. The van der Waals surface area contributed by atoms with Gasteiger partial charge in [0.05, 0.1) is 6.33 Å². The Balaban J connectivity index is 0.000000845. The molecule has 2 radical (unpaired) electrons. The number of nitrogens with one attached hydrogen (secondary N) is 1. The molecule has 6 heteroatoms. The molecule has 0 aliphatic rings. The molecule has 0 saturated heterocycles. The Labute approximate surface area is 106 Å². The Kier molecular flexibility index (Phi) is 3.47. The zero-order valence-electron chi connectivity index (χ0n) is 7.65. The topological polar surface area (TPSA) is 57.7 Å². The van der Waals surface area contributed by atoms with Crippen LogP contribution in [-0.4, -0.2) is 71.8 Å². The summed E-state index contributed by atoms with van der Waals surface area (Å²) >= 11 is 0. The van der Waals surface area contributed by atoms with Crippen LogP contribution < -0.4 is 4.90 Å². The molecule has 5 nitrogen and oxygen atoms in total. The largest absolute Gasteiger partial charge is 0.361 e. The van der Waals surface area contributed by atoms with Crippen LogP contribution in [0.1, 0.15) is 0 Å². The summed E-state index contributed by atoms with van der Waals surface area (Å²) in [6, 6.07) is 0. The standard InChI is InChI=1S/C7H9N5.Ca/c1-12(2)7-5-6(9-3-8-5)10-4-11-7;/h3-4H,1-2H3,(H,8,9,10,11);. The van der Waals surface area contributed by atoms with Gasteiger partial charge >= 0.3 is 0 Å². The van der Waals surface area contributed by atoms with Crippen LogP contribution in [0.5, 0.6) is 0 Å². The minimum atomic E-state index is 0. The number of hydrogen-bond donors (Lipinski definition) is 1. The number of H-pyrrole nitrogens is 1. The van der Waals surface area contributed by atoms with Crippen molar-refractivity contribution in [2.45, 2.75) is 0 Å². The van der Waals surface area contributed by atoms with E-state index in [9.17, 15) is 0 Å². The Morgan fingerprint density at radius 3 is 2.69 bits per heavy atom. The van der Waals surface area contributed by atoms with Gasteiger partial charge in [-0.1, -0.05) is 0 Å². The van der Waals surface area contributed by atoms with E-state index in [1.165, 1.54) is 6.33 Å². The van der Waals surface area contributed by atoms with Crippen LogP contribution in [0.3, 0.4) is 0 Å². The molecule has 0 aromatic carbocycles. The Morgan fingerprint density at radius 1 is 1.23 bits per heavy atom. The molecule has 0 aliphatic carbocycles. The molecule has 0 fully saturated rings. The summed E-state index contributed by atoms with van der Waals surface area (Å²) in [6.07, 6.45) is 3.13. The van der Waals surface area contributed by atoms with Gasteiger partial charge in [0.2, 0.25) is 0 Å². The van der Waals surface area contributed by atoms with Gasteiger partial charge in [0.1, 0.15) is 11.8 Å². The van der Waals surface area contributed by atoms with E-state index in [2.05, 4.69) is 19.9 Å². The number of imidazole rings is 1. The maximum atomic E-state index is 4.12. The number of hydrogen-bond acceptors (Lipinski definition) is 4. The van der Waals surface area contributed by atoms with Crippen molar-refractivity contribution in [3.8, 4) is 0 Å². The van der Waals surface area contributed by atoms with E-state index < -0.39 is 0 Å². The van der Waals surface area contributed by atoms with Crippen molar-refractivity contribution in [2.24, 2.45) is 0 Å². The van der Waals surface area contributed by atoms with E-state index in [-0.39, 0.29) is 37.7 Å². The molecule has 0 atom stereocenters. The zero-order chi connectivity index (χ0) is 8.55. The minimum Gasteiger partial charge on any atom is -0.361 e. The Hall–Kier alpha value is -0.390. The van der Waals surface area contributed by atoms with Crippen molar-refractivity contribution < 1.29 is 0 Å². The van der Waals surface area contributed by atoms with E-state index in [0.717, 1.165) is 11.3 Å². The first-order chi connectivity index (χ1) is 5.79. The van der Waals surface area contributed by atoms with Gasteiger partial charge in [-0.25, -0.2) is 15.0 Å². The fourth-order valence-corrected chi connectivity index (χ4v) is 1.09. The van der Waals surface area contributed by atoms with E-state index in [1.807, 2.05) is 19.0 Å². The van der Waals surface area contributed by atoms with Gasteiger partial charge in [0.25, 0.3) is 0 Å². The molecule has 1 N–H and O–H groups in total. The quantitative estimate of drug-likeness (QED) is 0.665. The maximum Gasteiger partial charge on any atom is 0.182 e. The molecule has 0 spiro atoms. The third kappa shape index (κ3) is 1.92. The third-order valence-corrected chi connectivity index (χ3v) is 1.63. The molecule has 0 amide bonds. The number of aromatic nitrogens is 4. The van der Waals surface area contributed by atoms with Crippen molar-refractivity contribution in [3.05, 3.63) is 12.7 Å². The number of rotatable bonds is 1. The SMILES string of the molecule is CN(C)c1ncnc2nc[nH]c12.[Ca]. The molecule has 0 aliphatic heterocycles. The molecular weight excluding hydrogens is 194 g/mol. The van der Waals surface area contributed by atoms with Crippen LogP contribution in [0, 0.1) is 0 Å². The van der Waals surface area contributed by atoms with Gasteiger partial charge in [-0.15, -0.1) is 0 Å². The molecular formula is C7H9CaN5. The van der Waals surface area contributed by atoms with E-state index >= 15 is 0 Å². The molecule has 2 heterocycles. The zero-order valence-corrected chi connectivity index (χ0v) is 9.86. The van der Waals surface area contributed by atoms with Crippen LogP contribution >= 0.6 is 0 Å². The average molecular weight is 203 g/mol. The maximum absolute atomic E-state index is 4.12. The average Bonchev–Trinajstić information content (AvgIpc) is 2.49. The summed E-state index contributed by atoms with van der Waals surface area (Å²) in [5.41, 5.74) is 1.58. The van der Waals surface area contributed by atoms with Crippen LogP contribution in [0.25, 0.3) is 11.2 Å². The second-order valence-electron chi connectivity index (χ2n) is 2.69. The van der Waals surface area contributed by atoms with Crippen molar-refractivity contribution in [3.63, 3.8) is 0 Å². The van der Waals surface area contributed by atoms with Crippen molar-refractivity contribution >= 4 is 54.7 Å². The first-order valence-electron chi connectivity index (χ1n) is 3.60. The third-order valence-electron chi connectivity index (χ3n) is 1.63. The van der Waals surface area contributed by atoms with Crippen LogP contribution in [0.15, 0.2) is 12.7 Å². The Morgan fingerprint density at radius 2 is 2.00 bits per heavy atom. The number of nitrogens with zero attached hydrogens (tertiary/aromatic N) is 4. The van der Waals surface area contributed by atoms with Gasteiger partial charge in [0, 0.05) is 51.8 Å². The molecule has 0 bridgehead atoms. The van der Waals surface area contributed by atoms with Crippen molar-refractivity contribution in [1.82, 2.24) is 19.9 Å². The molecule has 0 unspecified atom stereocenters. The molecule has 2 aromatic heterocycles. The second kappa shape index (κ2) is 4.21.